The summed E-state index contributed by atoms with van der Waals surface area (Å²) in [4.78, 5) is 58.6. The van der Waals surface area contributed by atoms with Crippen LogP contribution in [0.2, 0.25) is 0 Å². The molecule has 0 aliphatic rings. The highest BCUT2D eigenvalue weighted by molar-refractivity contribution is 7.80. The highest BCUT2D eigenvalue weighted by atomic mass is 32.1. The minimum atomic E-state index is -1.35. The number of carboxylic acid groups (broad SMARTS) is 1. The summed E-state index contributed by atoms with van der Waals surface area (Å²) in [6.07, 6.45) is 0.0302. The van der Waals surface area contributed by atoms with Crippen molar-refractivity contribution in [2.24, 2.45) is 17.4 Å². The summed E-state index contributed by atoms with van der Waals surface area (Å²) < 4.78 is 0. The largest absolute Gasteiger partial charge is 0.480 e. The van der Waals surface area contributed by atoms with E-state index in [4.69, 9.17) is 16.6 Å². The van der Waals surface area contributed by atoms with Crippen LogP contribution < -0.4 is 27.4 Å². The van der Waals surface area contributed by atoms with E-state index >= 15 is 0 Å². The maximum atomic E-state index is 12.3. The van der Waals surface area contributed by atoms with Crippen molar-refractivity contribution < 1.29 is 29.1 Å². The first-order chi connectivity index (χ1) is 13.4. The third-order valence-electron chi connectivity index (χ3n) is 3.92. The average Bonchev–Trinajstić information content (AvgIpc) is 2.61. The Balaban J connectivity index is 4.82. The number of thiol groups is 1. The van der Waals surface area contributed by atoms with Crippen LogP contribution in [0.1, 0.15) is 40.0 Å². The van der Waals surface area contributed by atoms with Gasteiger partial charge in [-0.1, -0.05) is 13.8 Å². The number of nitrogens with one attached hydrogen (secondary N) is 3. The molecular weight excluding hydrogens is 402 g/mol. The molecule has 4 amide bonds. The summed E-state index contributed by atoms with van der Waals surface area (Å²) in [5, 5.41) is 16.2. The van der Waals surface area contributed by atoms with Crippen molar-refractivity contribution in [3.63, 3.8) is 0 Å². The van der Waals surface area contributed by atoms with Crippen molar-refractivity contribution in [1.29, 1.82) is 0 Å². The molecule has 0 rings (SSSR count). The zero-order valence-electron chi connectivity index (χ0n) is 16.8. The number of hydrogen-bond acceptors (Lipinski definition) is 7. The van der Waals surface area contributed by atoms with Crippen molar-refractivity contribution in [3.05, 3.63) is 0 Å². The second-order valence-electron chi connectivity index (χ2n) is 7.11. The van der Waals surface area contributed by atoms with Crippen LogP contribution >= 0.6 is 12.6 Å². The standard InChI is InChI=1S/C17H31N5O6S/c1-8(2)6-10(18)15(25)20-9(3)14(24)22-12(7-29)16(26)21-11(17(27)28)4-5-13(19)23/h8-12,29H,4-7,18H2,1-3H3,(H2,19,23)(H,20,25)(H,21,26)(H,22,24)(H,27,28). The number of carbonyl (C=O) groups is 5. The van der Waals surface area contributed by atoms with Crippen molar-refractivity contribution >= 4 is 42.2 Å². The minimum absolute atomic E-state index is 0.118. The molecular formula is C17H31N5O6S. The molecule has 0 radical (unpaired) electrons. The van der Waals surface area contributed by atoms with Crippen molar-refractivity contribution in [3.8, 4) is 0 Å². The van der Waals surface area contributed by atoms with E-state index in [0.29, 0.717) is 6.42 Å². The van der Waals surface area contributed by atoms with Gasteiger partial charge in [0.15, 0.2) is 0 Å². The third-order valence-corrected chi connectivity index (χ3v) is 4.29. The predicted octanol–water partition coefficient (Wildman–Crippen LogP) is -1.89. The molecule has 0 bridgehead atoms. The molecule has 0 aliphatic heterocycles. The normalized spacial score (nSPS) is 15.0. The fourth-order valence-corrected chi connectivity index (χ4v) is 2.57. The highest BCUT2D eigenvalue weighted by Crippen LogP contribution is 2.03. The van der Waals surface area contributed by atoms with Crippen LogP contribution in [-0.2, 0) is 24.0 Å². The lowest BCUT2D eigenvalue weighted by molar-refractivity contribution is -0.142. The van der Waals surface area contributed by atoms with Gasteiger partial charge in [-0.2, -0.15) is 12.6 Å². The van der Waals surface area contributed by atoms with E-state index < -0.39 is 53.8 Å². The Bertz CT molecular complexity index is 615. The van der Waals surface area contributed by atoms with Gasteiger partial charge in [0.2, 0.25) is 23.6 Å². The van der Waals surface area contributed by atoms with Gasteiger partial charge in [-0.3, -0.25) is 19.2 Å². The molecule has 0 saturated heterocycles. The average molecular weight is 434 g/mol. The van der Waals surface area contributed by atoms with Crippen molar-refractivity contribution in [2.45, 2.75) is 64.2 Å². The first-order valence-electron chi connectivity index (χ1n) is 9.17. The van der Waals surface area contributed by atoms with Gasteiger partial charge in [0, 0.05) is 12.2 Å². The van der Waals surface area contributed by atoms with Crippen LogP contribution in [-0.4, -0.2) is 64.6 Å². The second-order valence-corrected chi connectivity index (χ2v) is 7.48. The first kappa shape index (κ1) is 26.7. The van der Waals surface area contributed by atoms with Crippen molar-refractivity contribution in [2.75, 3.05) is 5.75 Å². The smallest absolute Gasteiger partial charge is 0.326 e. The maximum absolute atomic E-state index is 12.3. The molecule has 0 aromatic heterocycles. The van der Waals surface area contributed by atoms with Crippen LogP contribution in [0.25, 0.3) is 0 Å². The summed E-state index contributed by atoms with van der Waals surface area (Å²) in [7, 11) is 0. The number of hydrogen-bond donors (Lipinski definition) is 7. The van der Waals surface area contributed by atoms with Gasteiger partial charge in [0.1, 0.15) is 18.1 Å². The molecule has 4 unspecified atom stereocenters. The first-order valence-corrected chi connectivity index (χ1v) is 9.80. The Morgan fingerprint density at radius 3 is 1.93 bits per heavy atom. The zero-order chi connectivity index (χ0) is 22.7. The Morgan fingerprint density at radius 2 is 1.48 bits per heavy atom. The molecule has 29 heavy (non-hydrogen) atoms. The lowest BCUT2D eigenvalue weighted by Gasteiger charge is -2.23. The number of rotatable bonds is 13. The summed E-state index contributed by atoms with van der Waals surface area (Å²) in [6, 6.07) is -4.23. The number of carboxylic acids is 1. The highest BCUT2D eigenvalue weighted by Gasteiger charge is 2.28. The lowest BCUT2D eigenvalue weighted by Crippen LogP contribution is -2.57. The summed E-state index contributed by atoms with van der Waals surface area (Å²) >= 11 is 3.99. The fourth-order valence-electron chi connectivity index (χ4n) is 2.31. The van der Waals surface area contributed by atoms with Gasteiger partial charge >= 0.3 is 5.97 Å². The topological polar surface area (TPSA) is 194 Å². The van der Waals surface area contributed by atoms with Gasteiger partial charge in [-0.25, -0.2) is 4.79 Å². The molecule has 0 aromatic carbocycles. The molecule has 0 saturated carbocycles. The number of carbonyl (C=O) groups excluding carboxylic acids is 4. The third kappa shape index (κ3) is 10.7. The quantitative estimate of drug-likeness (QED) is 0.165. The van der Waals surface area contributed by atoms with E-state index in [2.05, 4.69) is 28.6 Å². The van der Waals surface area contributed by atoms with Crippen LogP contribution in [0.5, 0.6) is 0 Å². The monoisotopic (exact) mass is 433 g/mol. The Kier molecular flexibility index (Phi) is 11.9. The second kappa shape index (κ2) is 13.0. The van der Waals surface area contributed by atoms with Gasteiger partial charge < -0.3 is 32.5 Å². The van der Waals surface area contributed by atoms with E-state index in [1.807, 2.05) is 13.8 Å². The van der Waals surface area contributed by atoms with Gasteiger partial charge in [0.25, 0.3) is 0 Å². The Hall–Kier alpha value is -2.34. The minimum Gasteiger partial charge on any atom is -0.480 e. The molecule has 4 atom stereocenters. The predicted molar refractivity (Wildman–Crippen MR) is 109 cm³/mol. The molecule has 0 aliphatic carbocycles. The van der Waals surface area contributed by atoms with Crippen LogP contribution in [0, 0.1) is 5.92 Å². The summed E-state index contributed by atoms with van der Waals surface area (Å²) in [6.45, 7) is 5.25. The van der Waals surface area contributed by atoms with Crippen LogP contribution in [0.4, 0.5) is 0 Å². The van der Waals surface area contributed by atoms with E-state index in [0.717, 1.165) is 0 Å². The van der Waals surface area contributed by atoms with E-state index in [9.17, 15) is 24.0 Å². The van der Waals surface area contributed by atoms with Gasteiger partial charge in [-0.05, 0) is 25.7 Å². The summed E-state index contributed by atoms with van der Waals surface area (Å²) in [5.41, 5.74) is 10.8. The molecule has 166 valence electrons. The van der Waals surface area contributed by atoms with Crippen LogP contribution in [0.3, 0.4) is 0 Å². The number of amides is 4. The number of nitrogens with two attached hydrogens (primary N) is 2. The van der Waals surface area contributed by atoms with E-state index in [1.54, 1.807) is 0 Å². The summed E-state index contributed by atoms with van der Waals surface area (Å²) in [5.74, 6) is -3.91. The molecule has 0 heterocycles. The molecule has 8 N–H and O–H groups in total. The van der Waals surface area contributed by atoms with Gasteiger partial charge in [-0.15, -0.1) is 0 Å². The number of aliphatic carboxylic acids is 1. The van der Waals surface area contributed by atoms with Crippen LogP contribution in [0.15, 0.2) is 0 Å². The number of primary amides is 1. The van der Waals surface area contributed by atoms with E-state index in [-0.39, 0.29) is 24.5 Å². The van der Waals surface area contributed by atoms with Gasteiger partial charge in [0.05, 0.1) is 6.04 Å². The molecule has 11 nitrogen and oxygen atoms in total. The molecule has 0 spiro atoms. The molecule has 0 aromatic rings. The maximum Gasteiger partial charge on any atom is 0.326 e. The zero-order valence-corrected chi connectivity index (χ0v) is 17.7. The fraction of sp³-hybridized carbons (Fsp3) is 0.706. The molecule has 12 heteroatoms. The molecule has 0 fully saturated rings. The van der Waals surface area contributed by atoms with Crippen molar-refractivity contribution in [1.82, 2.24) is 16.0 Å². The Morgan fingerprint density at radius 1 is 0.931 bits per heavy atom. The Labute approximate surface area is 175 Å². The SMILES string of the molecule is CC(C)CC(N)C(=O)NC(C)C(=O)NC(CS)C(=O)NC(CCC(N)=O)C(=O)O. The van der Waals surface area contributed by atoms with E-state index in [1.165, 1.54) is 6.92 Å². The lowest BCUT2D eigenvalue weighted by atomic mass is 10.0.